The summed E-state index contributed by atoms with van der Waals surface area (Å²) in [6, 6.07) is 14.2. The van der Waals surface area contributed by atoms with E-state index in [1.165, 1.54) is 19.2 Å². The van der Waals surface area contributed by atoms with Gasteiger partial charge >= 0.3 is 5.97 Å². The number of carbonyl (C=O) groups is 1. The third-order valence-corrected chi connectivity index (χ3v) is 5.25. The van der Waals surface area contributed by atoms with Gasteiger partial charge in [0.25, 0.3) is 0 Å². The summed E-state index contributed by atoms with van der Waals surface area (Å²) in [6.07, 6.45) is 0. The number of hydrogen-bond acceptors (Lipinski definition) is 5. The van der Waals surface area contributed by atoms with E-state index in [4.69, 9.17) is 9.47 Å². The lowest BCUT2D eigenvalue weighted by Crippen LogP contribution is -2.45. The van der Waals surface area contributed by atoms with Gasteiger partial charge in [-0.25, -0.2) is 8.42 Å². The molecule has 6 nitrogen and oxygen atoms in total. The monoisotopic (exact) mass is 377 g/mol. The lowest BCUT2D eigenvalue weighted by molar-refractivity contribution is -0.148. The third-order valence-electron chi connectivity index (χ3n) is 3.80. The standard InChI is InChI=1S/C19H23NO5S/c1-14(2)18(19(21)25-13-15-7-5-4-6-8-15)20-26(22,23)17-11-9-16(24-3)10-12-17/h4-12,14,18,20H,13H2,1-3H3. The van der Waals surface area contributed by atoms with Gasteiger partial charge in [-0.3, -0.25) is 4.79 Å². The molecule has 0 bridgehead atoms. The molecule has 0 amide bonds. The number of benzene rings is 2. The lowest BCUT2D eigenvalue weighted by atomic mass is 10.1. The normalized spacial score (nSPS) is 12.6. The number of nitrogens with one attached hydrogen (secondary N) is 1. The fraction of sp³-hybridized carbons (Fsp3) is 0.316. The summed E-state index contributed by atoms with van der Waals surface area (Å²) in [5.74, 6) is -0.334. The van der Waals surface area contributed by atoms with Crippen molar-refractivity contribution in [2.45, 2.75) is 31.4 Å². The molecule has 0 radical (unpaired) electrons. The van der Waals surface area contributed by atoms with Crippen LogP contribution in [0.25, 0.3) is 0 Å². The fourth-order valence-corrected chi connectivity index (χ4v) is 3.60. The summed E-state index contributed by atoms with van der Waals surface area (Å²) < 4.78 is 37.9. The van der Waals surface area contributed by atoms with E-state index in [-0.39, 0.29) is 17.4 Å². The Balaban J connectivity index is 2.09. The van der Waals surface area contributed by atoms with Crippen LogP contribution in [0.1, 0.15) is 19.4 Å². The molecular weight excluding hydrogens is 354 g/mol. The smallest absolute Gasteiger partial charge is 0.324 e. The van der Waals surface area contributed by atoms with Gasteiger partial charge in [0.05, 0.1) is 12.0 Å². The number of hydrogen-bond donors (Lipinski definition) is 1. The molecule has 0 aliphatic carbocycles. The van der Waals surface area contributed by atoms with E-state index in [2.05, 4.69) is 4.72 Å². The molecule has 2 aromatic carbocycles. The van der Waals surface area contributed by atoms with Gasteiger partial charge in [0.15, 0.2) is 0 Å². The van der Waals surface area contributed by atoms with Crippen LogP contribution in [0.2, 0.25) is 0 Å². The lowest BCUT2D eigenvalue weighted by Gasteiger charge is -2.21. The van der Waals surface area contributed by atoms with Gasteiger partial charge in [-0.15, -0.1) is 0 Å². The van der Waals surface area contributed by atoms with E-state index in [0.717, 1.165) is 5.56 Å². The van der Waals surface area contributed by atoms with Crippen LogP contribution in [-0.4, -0.2) is 27.5 Å². The summed E-state index contributed by atoms with van der Waals surface area (Å²) >= 11 is 0. The minimum Gasteiger partial charge on any atom is -0.497 e. The van der Waals surface area contributed by atoms with Crippen LogP contribution in [0.4, 0.5) is 0 Å². The zero-order valence-electron chi connectivity index (χ0n) is 15.0. The molecule has 0 fully saturated rings. The van der Waals surface area contributed by atoms with E-state index in [1.54, 1.807) is 26.0 Å². The first kappa shape index (κ1) is 19.9. The average Bonchev–Trinajstić information content (AvgIpc) is 2.65. The van der Waals surface area contributed by atoms with Gasteiger partial charge in [0, 0.05) is 0 Å². The first-order valence-electron chi connectivity index (χ1n) is 8.20. The number of ether oxygens (including phenoxy) is 2. The summed E-state index contributed by atoms with van der Waals surface area (Å²) in [6.45, 7) is 3.60. The molecule has 7 heteroatoms. The highest BCUT2D eigenvalue weighted by molar-refractivity contribution is 7.89. The Labute approximate surface area is 154 Å². The van der Waals surface area contributed by atoms with Crippen LogP contribution in [0.3, 0.4) is 0 Å². The summed E-state index contributed by atoms with van der Waals surface area (Å²) in [4.78, 5) is 12.5. The molecule has 0 saturated heterocycles. The highest BCUT2D eigenvalue weighted by atomic mass is 32.2. The van der Waals surface area contributed by atoms with Crippen molar-refractivity contribution < 1.29 is 22.7 Å². The van der Waals surface area contributed by atoms with Gasteiger partial charge in [0.1, 0.15) is 18.4 Å². The maximum atomic E-state index is 12.6. The zero-order chi connectivity index (χ0) is 19.2. The van der Waals surface area contributed by atoms with Gasteiger partial charge in [-0.05, 0) is 35.7 Å². The van der Waals surface area contributed by atoms with Gasteiger partial charge < -0.3 is 9.47 Å². The first-order chi connectivity index (χ1) is 12.3. The van der Waals surface area contributed by atoms with E-state index in [1.807, 2.05) is 30.3 Å². The molecular formula is C19H23NO5S. The molecule has 0 aromatic heterocycles. The number of esters is 1. The van der Waals surface area contributed by atoms with E-state index in [0.29, 0.717) is 5.75 Å². The molecule has 1 unspecified atom stereocenters. The van der Waals surface area contributed by atoms with E-state index >= 15 is 0 Å². The van der Waals surface area contributed by atoms with Crippen LogP contribution >= 0.6 is 0 Å². The van der Waals surface area contributed by atoms with Crippen molar-refractivity contribution in [3.8, 4) is 5.75 Å². The molecule has 1 N–H and O–H groups in total. The molecule has 0 saturated carbocycles. The molecule has 1 atom stereocenters. The second-order valence-electron chi connectivity index (χ2n) is 6.11. The molecule has 140 valence electrons. The summed E-state index contributed by atoms with van der Waals surface area (Å²) in [5, 5.41) is 0. The second kappa shape index (κ2) is 8.82. The highest BCUT2D eigenvalue weighted by Crippen LogP contribution is 2.17. The zero-order valence-corrected chi connectivity index (χ0v) is 15.8. The quantitative estimate of drug-likeness (QED) is 0.716. The predicted molar refractivity (Wildman–Crippen MR) is 98.2 cm³/mol. The Hall–Kier alpha value is -2.38. The van der Waals surface area contributed by atoms with Crippen molar-refractivity contribution >= 4 is 16.0 Å². The molecule has 0 heterocycles. The molecule has 0 spiro atoms. The van der Waals surface area contributed by atoms with Crippen molar-refractivity contribution in [2.75, 3.05) is 7.11 Å². The number of methoxy groups -OCH3 is 1. The number of rotatable bonds is 8. The maximum Gasteiger partial charge on any atom is 0.324 e. The molecule has 2 rings (SSSR count). The predicted octanol–water partition coefficient (Wildman–Crippen LogP) is 2.74. The van der Waals surface area contributed by atoms with Crippen LogP contribution in [0, 0.1) is 5.92 Å². The molecule has 2 aromatic rings. The van der Waals surface area contributed by atoms with Gasteiger partial charge in [-0.2, -0.15) is 4.72 Å². The molecule has 0 aliphatic heterocycles. The van der Waals surface area contributed by atoms with E-state index < -0.39 is 22.0 Å². The van der Waals surface area contributed by atoms with Crippen molar-refractivity contribution in [2.24, 2.45) is 5.92 Å². The minimum atomic E-state index is -3.86. The average molecular weight is 377 g/mol. The van der Waals surface area contributed by atoms with Crippen LogP contribution in [0.15, 0.2) is 59.5 Å². The van der Waals surface area contributed by atoms with Crippen LogP contribution in [-0.2, 0) is 26.2 Å². The van der Waals surface area contributed by atoms with Crippen molar-refractivity contribution in [1.82, 2.24) is 4.72 Å². The van der Waals surface area contributed by atoms with Gasteiger partial charge in [0.2, 0.25) is 10.0 Å². The fourth-order valence-electron chi connectivity index (χ4n) is 2.26. The van der Waals surface area contributed by atoms with Crippen molar-refractivity contribution in [3.63, 3.8) is 0 Å². The molecule has 0 aliphatic rings. The van der Waals surface area contributed by atoms with Crippen molar-refractivity contribution in [3.05, 3.63) is 60.2 Å². The Morgan fingerprint density at radius 2 is 1.65 bits per heavy atom. The van der Waals surface area contributed by atoms with Crippen molar-refractivity contribution in [1.29, 1.82) is 0 Å². The van der Waals surface area contributed by atoms with Crippen LogP contribution < -0.4 is 9.46 Å². The van der Waals surface area contributed by atoms with E-state index in [9.17, 15) is 13.2 Å². The Kier molecular flexibility index (Phi) is 6.76. The topological polar surface area (TPSA) is 81.7 Å². The Morgan fingerprint density at radius 1 is 1.04 bits per heavy atom. The number of sulfonamides is 1. The van der Waals surface area contributed by atoms with Crippen LogP contribution in [0.5, 0.6) is 5.75 Å². The highest BCUT2D eigenvalue weighted by Gasteiger charge is 2.29. The SMILES string of the molecule is COc1ccc(S(=O)(=O)NC(C(=O)OCc2ccccc2)C(C)C)cc1. The number of carbonyl (C=O) groups excluding carboxylic acids is 1. The second-order valence-corrected chi connectivity index (χ2v) is 7.83. The summed E-state index contributed by atoms with van der Waals surface area (Å²) in [7, 11) is -2.36. The van der Waals surface area contributed by atoms with Gasteiger partial charge in [-0.1, -0.05) is 44.2 Å². The largest absolute Gasteiger partial charge is 0.497 e. The molecule has 26 heavy (non-hydrogen) atoms. The Bertz CT molecular complexity index is 817. The minimum absolute atomic E-state index is 0.0554. The maximum absolute atomic E-state index is 12.6. The first-order valence-corrected chi connectivity index (χ1v) is 9.69. The Morgan fingerprint density at radius 3 is 2.19 bits per heavy atom. The third kappa shape index (κ3) is 5.31. The summed E-state index contributed by atoms with van der Waals surface area (Å²) in [5.41, 5.74) is 0.835.